The number of fused-ring (bicyclic) bond motifs is 1. The molecule has 1 amide bonds. The fourth-order valence-electron chi connectivity index (χ4n) is 3.20. The van der Waals surface area contributed by atoms with E-state index < -0.39 is 18.3 Å². The van der Waals surface area contributed by atoms with Gasteiger partial charge < -0.3 is 29.3 Å². The minimum atomic E-state index is -1.17. The normalized spacial score (nSPS) is 24.7. The standard InChI is InChI=1S/C20H31NO6/c1-25-12-10-19(23)21-11-6-5-8-15-7-3-4-9-17(15)27-14-16(22)20(24)18(13-21)26-2/h3-4,7,9,16,18,20,22,24H,5-6,8,10-14H2,1-2H3/t16-,18+,20-/m1/s1. The number of carbonyl (C=O) groups is 1. The second-order valence-electron chi connectivity index (χ2n) is 6.79. The average Bonchev–Trinajstić information content (AvgIpc) is 2.70. The zero-order valence-electron chi connectivity index (χ0n) is 16.2. The van der Waals surface area contributed by atoms with E-state index in [1.165, 1.54) is 7.11 Å². The maximum atomic E-state index is 12.5. The number of nitrogens with zero attached hydrogens (tertiary/aromatic N) is 1. The highest BCUT2D eigenvalue weighted by atomic mass is 16.5. The molecule has 1 aromatic rings. The van der Waals surface area contributed by atoms with Crippen molar-refractivity contribution < 1.29 is 29.2 Å². The van der Waals surface area contributed by atoms with Crippen LogP contribution in [0.15, 0.2) is 24.3 Å². The van der Waals surface area contributed by atoms with Crippen molar-refractivity contribution in [1.82, 2.24) is 4.90 Å². The van der Waals surface area contributed by atoms with E-state index in [0.29, 0.717) is 18.9 Å². The molecule has 0 radical (unpaired) electrons. The molecule has 152 valence electrons. The number of hydrogen-bond donors (Lipinski definition) is 2. The van der Waals surface area contributed by atoms with Gasteiger partial charge in [0.2, 0.25) is 5.91 Å². The Morgan fingerprint density at radius 2 is 2.04 bits per heavy atom. The summed E-state index contributed by atoms with van der Waals surface area (Å²) in [5, 5.41) is 20.8. The molecule has 1 heterocycles. The molecule has 2 rings (SSSR count). The number of rotatable bonds is 4. The average molecular weight is 381 g/mol. The molecule has 1 aromatic carbocycles. The number of para-hydroxylation sites is 1. The van der Waals surface area contributed by atoms with E-state index >= 15 is 0 Å². The summed E-state index contributed by atoms with van der Waals surface area (Å²) in [5.74, 6) is 0.664. The van der Waals surface area contributed by atoms with Crippen LogP contribution in [0.1, 0.15) is 24.8 Å². The minimum absolute atomic E-state index is 0.0460. The largest absolute Gasteiger partial charge is 0.491 e. The summed E-state index contributed by atoms with van der Waals surface area (Å²) >= 11 is 0. The van der Waals surface area contributed by atoms with Gasteiger partial charge in [0.15, 0.2) is 0 Å². The fourth-order valence-corrected chi connectivity index (χ4v) is 3.20. The lowest BCUT2D eigenvalue weighted by Crippen LogP contribution is -2.49. The fraction of sp³-hybridized carbons (Fsp3) is 0.650. The lowest BCUT2D eigenvalue weighted by Gasteiger charge is -2.31. The number of ether oxygens (including phenoxy) is 3. The summed E-state index contributed by atoms with van der Waals surface area (Å²) in [7, 11) is 3.02. The quantitative estimate of drug-likeness (QED) is 0.809. The van der Waals surface area contributed by atoms with Crippen LogP contribution in [0.3, 0.4) is 0 Å². The summed E-state index contributed by atoms with van der Waals surface area (Å²) in [6, 6.07) is 7.70. The van der Waals surface area contributed by atoms with Gasteiger partial charge in [0, 0.05) is 27.3 Å². The van der Waals surface area contributed by atoms with Crippen molar-refractivity contribution in [2.45, 2.75) is 44.0 Å². The first kappa shape index (κ1) is 21.6. The van der Waals surface area contributed by atoms with Crippen LogP contribution in [0.2, 0.25) is 0 Å². The first-order chi connectivity index (χ1) is 13.1. The number of aryl methyl sites for hydroxylation is 1. The highest BCUT2D eigenvalue weighted by molar-refractivity contribution is 5.76. The third-order valence-electron chi connectivity index (χ3n) is 4.86. The Kier molecular flexibility index (Phi) is 9.00. The molecule has 0 aliphatic carbocycles. The molecular weight excluding hydrogens is 350 g/mol. The van der Waals surface area contributed by atoms with Gasteiger partial charge in [-0.3, -0.25) is 4.79 Å². The van der Waals surface area contributed by atoms with Crippen LogP contribution in [0.4, 0.5) is 0 Å². The van der Waals surface area contributed by atoms with Crippen molar-refractivity contribution in [2.24, 2.45) is 0 Å². The maximum Gasteiger partial charge on any atom is 0.224 e. The maximum absolute atomic E-state index is 12.5. The Bertz CT molecular complexity index is 581. The van der Waals surface area contributed by atoms with Crippen molar-refractivity contribution in [3.05, 3.63) is 29.8 Å². The van der Waals surface area contributed by atoms with E-state index in [1.54, 1.807) is 12.0 Å². The summed E-state index contributed by atoms with van der Waals surface area (Å²) in [6.07, 6.45) is -0.175. The van der Waals surface area contributed by atoms with E-state index in [-0.39, 0.29) is 25.5 Å². The van der Waals surface area contributed by atoms with Crippen molar-refractivity contribution >= 4 is 5.91 Å². The van der Waals surface area contributed by atoms with Crippen LogP contribution in [0.5, 0.6) is 5.75 Å². The van der Waals surface area contributed by atoms with Gasteiger partial charge in [0.25, 0.3) is 0 Å². The SMILES string of the molecule is COCCC(=O)N1CCCCc2ccccc2OC[C@@H](O)[C@@H](O)[C@@H](OC)C1. The third kappa shape index (κ3) is 6.46. The highest BCUT2D eigenvalue weighted by Crippen LogP contribution is 2.22. The van der Waals surface area contributed by atoms with E-state index in [2.05, 4.69) is 0 Å². The van der Waals surface area contributed by atoms with Gasteiger partial charge in [-0.15, -0.1) is 0 Å². The monoisotopic (exact) mass is 381 g/mol. The molecule has 0 fully saturated rings. The van der Waals surface area contributed by atoms with Crippen LogP contribution < -0.4 is 4.74 Å². The lowest BCUT2D eigenvalue weighted by atomic mass is 10.1. The summed E-state index contributed by atoms with van der Waals surface area (Å²) in [5.41, 5.74) is 1.05. The molecule has 0 spiro atoms. The third-order valence-corrected chi connectivity index (χ3v) is 4.86. The molecule has 0 aromatic heterocycles. The molecule has 0 saturated carbocycles. The van der Waals surface area contributed by atoms with E-state index in [1.807, 2.05) is 24.3 Å². The first-order valence-electron chi connectivity index (χ1n) is 9.43. The molecule has 1 aliphatic rings. The predicted molar refractivity (Wildman–Crippen MR) is 101 cm³/mol. The van der Waals surface area contributed by atoms with Gasteiger partial charge in [0.05, 0.1) is 13.0 Å². The summed E-state index contributed by atoms with van der Waals surface area (Å²) in [6.45, 7) is 1.08. The van der Waals surface area contributed by atoms with E-state index in [9.17, 15) is 15.0 Å². The summed E-state index contributed by atoms with van der Waals surface area (Å²) in [4.78, 5) is 14.2. The Morgan fingerprint density at radius 1 is 1.26 bits per heavy atom. The number of aliphatic hydroxyl groups excluding tert-OH is 2. The lowest BCUT2D eigenvalue weighted by molar-refractivity contribution is -0.138. The van der Waals surface area contributed by atoms with Crippen molar-refractivity contribution in [3.8, 4) is 5.75 Å². The zero-order valence-corrected chi connectivity index (χ0v) is 16.2. The van der Waals surface area contributed by atoms with Gasteiger partial charge in [0.1, 0.15) is 30.7 Å². The van der Waals surface area contributed by atoms with Gasteiger partial charge in [-0.1, -0.05) is 18.2 Å². The van der Waals surface area contributed by atoms with Crippen LogP contribution in [0, 0.1) is 0 Å². The van der Waals surface area contributed by atoms with Gasteiger partial charge in [-0.05, 0) is 30.9 Å². The molecule has 0 bridgehead atoms. The molecule has 7 heteroatoms. The molecule has 0 unspecified atom stereocenters. The van der Waals surface area contributed by atoms with Crippen LogP contribution >= 0.6 is 0 Å². The van der Waals surface area contributed by atoms with Crippen LogP contribution in [0.25, 0.3) is 0 Å². The van der Waals surface area contributed by atoms with Crippen molar-refractivity contribution in [3.63, 3.8) is 0 Å². The number of aliphatic hydroxyl groups is 2. The molecule has 1 aliphatic heterocycles. The smallest absolute Gasteiger partial charge is 0.224 e. The van der Waals surface area contributed by atoms with Crippen molar-refractivity contribution in [1.29, 1.82) is 0 Å². The molecule has 7 nitrogen and oxygen atoms in total. The Balaban J connectivity index is 2.17. The predicted octanol–water partition coefficient (Wildman–Crippen LogP) is 1.00. The highest BCUT2D eigenvalue weighted by Gasteiger charge is 2.30. The Hall–Kier alpha value is -1.67. The Morgan fingerprint density at radius 3 is 2.78 bits per heavy atom. The number of hydrogen-bond acceptors (Lipinski definition) is 6. The molecular formula is C20H31NO6. The number of carbonyl (C=O) groups excluding carboxylic acids is 1. The number of amides is 1. The van der Waals surface area contributed by atoms with E-state index in [0.717, 1.165) is 24.8 Å². The van der Waals surface area contributed by atoms with Crippen molar-refractivity contribution in [2.75, 3.05) is 40.5 Å². The minimum Gasteiger partial charge on any atom is -0.491 e. The van der Waals surface area contributed by atoms with Crippen LogP contribution in [-0.4, -0.2) is 79.9 Å². The molecule has 3 atom stereocenters. The second-order valence-corrected chi connectivity index (χ2v) is 6.79. The van der Waals surface area contributed by atoms with Gasteiger partial charge in [-0.25, -0.2) is 0 Å². The zero-order chi connectivity index (χ0) is 19.6. The topological polar surface area (TPSA) is 88.5 Å². The number of benzene rings is 1. The molecule has 27 heavy (non-hydrogen) atoms. The van der Waals surface area contributed by atoms with E-state index in [4.69, 9.17) is 14.2 Å². The Labute approximate surface area is 160 Å². The van der Waals surface area contributed by atoms with Gasteiger partial charge >= 0.3 is 0 Å². The van der Waals surface area contributed by atoms with Crippen LogP contribution in [-0.2, 0) is 20.7 Å². The summed E-state index contributed by atoms with van der Waals surface area (Å²) < 4.78 is 16.1. The number of methoxy groups -OCH3 is 2. The molecule has 2 N–H and O–H groups in total. The van der Waals surface area contributed by atoms with Gasteiger partial charge in [-0.2, -0.15) is 0 Å². The molecule has 0 saturated heterocycles. The second kappa shape index (κ2) is 11.2. The first-order valence-corrected chi connectivity index (χ1v) is 9.43.